The van der Waals surface area contributed by atoms with E-state index in [4.69, 9.17) is 12.2 Å². The second kappa shape index (κ2) is 6.35. The molecule has 2 aromatic heterocycles. The summed E-state index contributed by atoms with van der Waals surface area (Å²) in [6.45, 7) is 4.06. The summed E-state index contributed by atoms with van der Waals surface area (Å²) in [5.74, 6) is 0.304. The van der Waals surface area contributed by atoms with Crippen molar-refractivity contribution >= 4 is 23.3 Å². The zero-order valence-electron chi connectivity index (χ0n) is 14.3. The zero-order valence-corrected chi connectivity index (χ0v) is 15.1. The molecule has 2 heterocycles. The second-order valence-corrected chi connectivity index (χ2v) is 6.73. The van der Waals surface area contributed by atoms with Gasteiger partial charge in [-0.3, -0.25) is 9.78 Å². The molecule has 3 aromatic rings. The normalized spacial score (nSPS) is 12.1. The van der Waals surface area contributed by atoms with Gasteiger partial charge in [-0.1, -0.05) is 38.1 Å². The van der Waals surface area contributed by atoms with Gasteiger partial charge in [-0.15, -0.1) is 0 Å². The van der Waals surface area contributed by atoms with Crippen LogP contribution in [0.3, 0.4) is 0 Å². The van der Waals surface area contributed by atoms with E-state index < -0.39 is 22.7 Å². The molecule has 0 radical (unpaired) electrons. The molecule has 0 aliphatic heterocycles. The van der Waals surface area contributed by atoms with E-state index in [1.807, 2.05) is 26.0 Å². The van der Waals surface area contributed by atoms with Crippen LogP contribution in [0.1, 0.15) is 30.9 Å². The summed E-state index contributed by atoms with van der Waals surface area (Å²) in [6.07, 6.45) is -4.70. The molecule has 0 bridgehead atoms. The fourth-order valence-corrected chi connectivity index (χ4v) is 2.93. The molecule has 26 heavy (non-hydrogen) atoms. The van der Waals surface area contributed by atoms with E-state index in [9.17, 15) is 18.0 Å². The van der Waals surface area contributed by atoms with Crippen LogP contribution in [-0.4, -0.2) is 14.5 Å². The van der Waals surface area contributed by atoms with Crippen LogP contribution < -0.4 is 5.56 Å². The first-order valence-electron chi connectivity index (χ1n) is 7.91. The van der Waals surface area contributed by atoms with Crippen molar-refractivity contribution in [3.8, 4) is 11.3 Å². The SMILES string of the molecule is CC(C)c1ccc(-c2cc(C(F)(F)F)c3c(=O)[nH]c(=S)n(C)c3n2)cc1. The lowest BCUT2D eigenvalue weighted by Crippen LogP contribution is -2.19. The highest BCUT2D eigenvalue weighted by Crippen LogP contribution is 2.35. The van der Waals surface area contributed by atoms with Gasteiger partial charge in [0.2, 0.25) is 0 Å². The van der Waals surface area contributed by atoms with Crippen molar-refractivity contribution in [1.82, 2.24) is 14.5 Å². The van der Waals surface area contributed by atoms with E-state index in [0.29, 0.717) is 11.5 Å². The number of alkyl halides is 3. The lowest BCUT2D eigenvalue weighted by atomic mass is 10.00. The fourth-order valence-electron chi connectivity index (χ4n) is 2.75. The number of aromatic nitrogens is 3. The first kappa shape index (κ1) is 18.3. The van der Waals surface area contributed by atoms with Gasteiger partial charge in [0.05, 0.1) is 16.6 Å². The largest absolute Gasteiger partial charge is 0.417 e. The van der Waals surface area contributed by atoms with Crippen molar-refractivity contribution in [2.24, 2.45) is 7.05 Å². The number of aromatic amines is 1. The first-order chi connectivity index (χ1) is 12.1. The van der Waals surface area contributed by atoms with E-state index in [1.165, 1.54) is 11.6 Å². The van der Waals surface area contributed by atoms with Crippen molar-refractivity contribution in [1.29, 1.82) is 0 Å². The average molecular weight is 379 g/mol. The molecule has 3 rings (SSSR count). The summed E-state index contributed by atoms with van der Waals surface area (Å²) >= 11 is 5.00. The quantitative estimate of drug-likeness (QED) is 0.651. The molecule has 8 heteroatoms. The maximum Gasteiger partial charge on any atom is 0.417 e. The van der Waals surface area contributed by atoms with Crippen LogP contribution in [0.15, 0.2) is 35.1 Å². The van der Waals surface area contributed by atoms with Gasteiger partial charge in [-0.2, -0.15) is 13.2 Å². The molecule has 0 unspecified atom stereocenters. The average Bonchev–Trinajstić information content (AvgIpc) is 2.58. The Bertz CT molecular complexity index is 1100. The first-order valence-corrected chi connectivity index (χ1v) is 8.32. The lowest BCUT2D eigenvalue weighted by Gasteiger charge is -2.14. The van der Waals surface area contributed by atoms with Gasteiger partial charge in [0.1, 0.15) is 5.65 Å². The zero-order chi connectivity index (χ0) is 19.2. The number of nitrogens with one attached hydrogen (secondary N) is 1. The summed E-state index contributed by atoms with van der Waals surface area (Å²) in [5.41, 5.74) is -0.289. The number of benzene rings is 1. The highest BCUT2D eigenvalue weighted by atomic mass is 32.1. The molecule has 0 fully saturated rings. The predicted molar refractivity (Wildman–Crippen MR) is 96.7 cm³/mol. The highest BCUT2D eigenvalue weighted by Gasteiger charge is 2.35. The number of pyridine rings is 1. The van der Waals surface area contributed by atoms with Gasteiger partial charge in [0, 0.05) is 12.6 Å². The third kappa shape index (κ3) is 3.16. The predicted octanol–water partition coefficient (Wildman–Crippen LogP) is 4.80. The molecule has 136 valence electrons. The summed E-state index contributed by atoms with van der Waals surface area (Å²) in [7, 11) is 1.47. The third-order valence-corrected chi connectivity index (χ3v) is 4.62. The lowest BCUT2D eigenvalue weighted by molar-refractivity contribution is -0.136. The second-order valence-electron chi connectivity index (χ2n) is 6.35. The van der Waals surface area contributed by atoms with Crippen molar-refractivity contribution in [3.63, 3.8) is 0 Å². The smallest absolute Gasteiger partial charge is 0.306 e. The Labute approximate surface area is 152 Å². The van der Waals surface area contributed by atoms with Crippen molar-refractivity contribution < 1.29 is 13.2 Å². The Morgan fingerprint density at radius 1 is 1.19 bits per heavy atom. The summed E-state index contributed by atoms with van der Waals surface area (Å²) in [4.78, 5) is 18.7. The van der Waals surface area contributed by atoms with Crippen LogP contribution in [0.25, 0.3) is 22.3 Å². The molecule has 1 N–H and O–H groups in total. The number of halogens is 3. The molecular formula is C18H16F3N3OS. The molecule has 0 atom stereocenters. The van der Waals surface area contributed by atoms with Gasteiger partial charge in [-0.05, 0) is 29.8 Å². The number of H-pyrrole nitrogens is 1. The molecule has 1 aromatic carbocycles. The third-order valence-electron chi connectivity index (χ3n) is 4.25. The topological polar surface area (TPSA) is 50.7 Å². The van der Waals surface area contributed by atoms with Crippen LogP contribution in [0.5, 0.6) is 0 Å². The molecule has 0 amide bonds. The summed E-state index contributed by atoms with van der Waals surface area (Å²) in [5, 5.41) is -0.517. The van der Waals surface area contributed by atoms with E-state index in [0.717, 1.165) is 11.6 Å². The van der Waals surface area contributed by atoms with Gasteiger partial charge < -0.3 is 4.57 Å². The number of hydrogen-bond donors (Lipinski definition) is 1. The number of rotatable bonds is 2. The van der Waals surface area contributed by atoms with Crippen LogP contribution in [0.4, 0.5) is 13.2 Å². The fraction of sp³-hybridized carbons (Fsp3) is 0.278. The Morgan fingerprint density at radius 2 is 1.81 bits per heavy atom. The highest BCUT2D eigenvalue weighted by molar-refractivity contribution is 7.71. The number of nitrogens with zero attached hydrogens (tertiary/aromatic N) is 2. The van der Waals surface area contributed by atoms with E-state index in [-0.39, 0.29) is 16.1 Å². The Kier molecular flexibility index (Phi) is 4.47. The molecule has 0 saturated carbocycles. The Morgan fingerprint density at radius 3 is 2.35 bits per heavy atom. The molecule has 0 spiro atoms. The van der Waals surface area contributed by atoms with Crippen molar-refractivity contribution in [2.75, 3.05) is 0 Å². The molecule has 0 aliphatic rings. The van der Waals surface area contributed by atoms with Crippen LogP contribution >= 0.6 is 12.2 Å². The standard InChI is InChI=1S/C18H16F3N3OS/c1-9(2)10-4-6-11(7-5-10)13-8-12(18(19,20)21)14-15(22-13)24(3)17(26)23-16(14)25/h4-9H,1-3H3,(H,23,25,26). The van der Waals surface area contributed by atoms with Crippen molar-refractivity contribution in [3.05, 3.63) is 56.6 Å². The van der Waals surface area contributed by atoms with E-state index >= 15 is 0 Å². The van der Waals surface area contributed by atoms with Gasteiger partial charge in [0.25, 0.3) is 5.56 Å². The summed E-state index contributed by atoms with van der Waals surface area (Å²) in [6, 6.07) is 8.08. The number of aryl methyl sites for hydroxylation is 1. The van der Waals surface area contributed by atoms with Gasteiger partial charge in [0.15, 0.2) is 4.77 Å². The van der Waals surface area contributed by atoms with Crippen LogP contribution in [0, 0.1) is 4.77 Å². The maximum absolute atomic E-state index is 13.6. The number of fused-ring (bicyclic) bond motifs is 1. The number of hydrogen-bond acceptors (Lipinski definition) is 3. The van der Waals surface area contributed by atoms with Crippen molar-refractivity contribution in [2.45, 2.75) is 25.9 Å². The van der Waals surface area contributed by atoms with Crippen LogP contribution in [0.2, 0.25) is 0 Å². The summed E-state index contributed by atoms with van der Waals surface area (Å²) < 4.78 is 42.0. The van der Waals surface area contributed by atoms with Gasteiger partial charge >= 0.3 is 6.18 Å². The minimum absolute atomic E-state index is 0.00966. The van der Waals surface area contributed by atoms with E-state index in [2.05, 4.69) is 9.97 Å². The van der Waals surface area contributed by atoms with Crippen LogP contribution in [-0.2, 0) is 13.2 Å². The molecule has 0 aliphatic carbocycles. The molecule has 0 saturated heterocycles. The monoisotopic (exact) mass is 379 g/mol. The minimum Gasteiger partial charge on any atom is -0.306 e. The molecular weight excluding hydrogens is 363 g/mol. The van der Waals surface area contributed by atoms with E-state index in [1.54, 1.807) is 12.1 Å². The Balaban J connectivity index is 2.36. The maximum atomic E-state index is 13.6. The minimum atomic E-state index is -4.70. The molecule has 4 nitrogen and oxygen atoms in total. The Hall–Kier alpha value is -2.48. The van der Waals surface area contributed by atoms with Gasteiger partial charge in [-0.25, -0.2) is 4.98 Å².